The van der Waals surface area contributed by atoms with Gasteiger partial charge in [-0.05, 0) is 43.2 Å². The molecule has 1 aliphatic carbocycles. The molecule has 41 heavy (non-hydrogen) atoms. The number of carbonyl (C=O) groups excluding carboxylic acids is 4. The molecule has 9 heteroatoms. The lowest BCUT2D eigenvalue weighted by molar-refractivity contribution is -0.139. The van der Waals surface area contributed by atoms with Gasteiger partial charge in [0.25, 0.3) is 5.91 Å². The molecular formula is C32H49N3O6. The second kappa shape index (κ2) is 19.5. The summed E-state index contributed by atoms with van der Waals surface area (Å²) in [5, 5.41) is 14.0. The largest absolute Gasteiger partial charge is 0.481 e. The summed E-state index contributed by atoms with van der Waals surface area (Å²) in [4.78, 5) is 61.8. The number of aldehydes is 1. The van der Waals surface area contributed by atoms with Crippen molar-refractivity contribution in [3.63, 3.8) is 0 Å². The fourth-order valence-corrected chi connectivity index (χ4v) is 4.39. The van der Waals surface area contributed by atoms with Crippen LogP contribution < -0.4 is 10.6 Å². The Morgan fingerprint density at radius 2 is 1.73 bits per heavy atom. The lowest BCUT2D eigenvalue weighted by Gasteiger charge is -2.23. The maximum absolute atomic E-state index is 12.5. The van der Waals surface area contributed by atoms with Crippen LogP contribution in [0.5, 0.6) is 0 Å². The molecule has 1 aromatic heterocycles. The van der Waals surface area contributed by atoms with Gasteiger partial charge < -0.3 is 20.5 Å². The lowest BCUT2D eigenvalue weighted by Crippen LogP contribution is -2.43. The summed E-state index contributed by atoms with van der Waals surface area (Å²) in [5.74, 6) is -1.53. The molecule has 9 nitrogen and oxygen atoms in total. The van der Waals surface area contributed by atoms with Gasteiger partial charge in [0.15, 0.2) is 5.78 Å². The number of Topliss-reactive ketones (excluding diaryl/α,β-unsaturated/α-hetero) is 1. The summed E-state index contributed by atoms with van der Waals surface area (Å²) in [6, 6.07) is 0.460. The van der Waals surface area contributed by atoms with Crippen molar-refractivity contribution in [3.8, 4) is 0 Å². The van der Waals surface area contributed by atoms with Crippen molar-refractivity contribution in [3.05, 3.63) is 41.2 Å². The maximum atomic E-state index is 12.5. The van der Waals surface area contributed by atoms with Gasteiger partial charge in [-0.2, -0.15) is 0 Å². The van der Waals surface area contributed by atoms with Gasteiger partial charge in [0.1, 0.15) is 12.0 Å². The molecular weight excluding hydrogens is 522 g/mol. The fourth-order valence-electron chi connectivity index (χ4n) is 4.39. The molecule has 1 aromatic rings. The third kappa shape index (κ3) is 12.6. The first-order chi connectivity index (χ1) is 19.0. The highest BCUT2D eigenvalue weighted by Crippen LogP contribution is 2.22. The zero-order valence-corrected chi connectivity index (χ0v) is 24.6. The highest BCUT2D eigenvalue weighted by Gasteiger charge is 2.26. The number of carboxylic acids is 1. The molecule has 0 fully saturated rings. The van der Waals surface area contributed by atoms with Crippen molar-refractivity contribution in [2.24, 2.45) is 17.8 Å². The summed E-state index contributed by atoms with van der Waals surface area (Å²) < 4.78 is 0. The first-order valence-corrected chi connectivity index (χ1v) is 14.1. The number of hydrogen-bond acceptors (Lipinski definition) is 6. The summed E-state index contributed by atoms with van der Waals surface area (Å²) in [6.45, 7) is 11.4. The van der Waals surface area contributed by atoms with Gasteiger partial charge >= 0.3 is 5.97 Å². The van der Waals surface area contributed by atoms with E-state index in [2.05, 4.69) is 22.5 Å². The number of aliphatic carboxylic acids is 1. The molecule has 0 bridgehead atoms. The number of carboxylic acid groups (broad SMARTS) is 1. The van der Waals surface area contributed by atoms with Crippen molar-refractivity contribution in [2.45, 2.75) is 99.6 Å². The van der Waals surface area contributed by atoms with Crippen molar-refractivity contribution < 1.29 is 29.1 Å². The zero-order valence-electron chi connectivity index (χ0n) is 24.6. The molecule has 0 spiro atoms. The highest BCUT2D eigenvalue weighted by atomic mass is 16.4. The first-order valence-electron chi connectivity index (χ1n) is 14.1. The van der Waals surface area contributed by atoms with Crippen LogP contribution in [0.3, 0.4) is 0 Å². The third-order valence-electron chi connectivity index (χ3n) is 6.91. The van der Waals surface area contributed by atoms with Crippen LogP contribution >= 0.6 is 0 Å². The molecule has 0 saturated heterocycles. The van der Waals surface area contributed by atoms with Crippen LogP contribution in [0.2, 0.25) is 0 Å². The highest BCUT2D eigenvalue weighted by molar-refractivity contribution is 6.00. The maximum Gasteiger partial charge on any atom is 0.305 e. The molecule has 2 rings (SSSR count). The number of aromatic nitrogens is 1. The second-order valence-corrected chi connectivity index (χ2v) is 10.5. The second-order valence-electron chi connectivity index (χ2n) is 10.5. The Bertz CT molecular complexity index is 1080. The van der Waals surface area contributed by atoms with E-state index in [0.29, 0.717) is 12.0 Å². The van der Waals surface area contributed by atoms with Gasteiger partial charge in [-0.1, -0.05) is 85.6 Å². The zero-order chi connectivity index (χ0) is 30.2. The molecule has 1 aliphatic rings. The smallest absolute Gasteiger partial charge is 0.305 e. The minimum Gasteiger partial charge on any atom is -0.481 e. The van der Waals surface area contributed by atoms with Gasteiger partial charge in [0.2, 0.25) is 5.91 Å². The summed E-state index contributed by atoms with van der Waals surface area (Å²) >= 11 is 0. The average molecular weight is 572 g/mol. The molecule has 0 aromatic carbocycles. The van der Waals surface area contributed by atoms with E-state index >= 15 is 0 Å². The van der Waals surface area contributed by atoms with Crippen LogP contribution in [-0.2, 0) is 19.2 Å². The standard InChI is InChI=1S/C17H20N2O2.C14H25NO4.CH4/c1-11(2)15(12(3)20)19-17(21)16-14-8-6-4-5-7-13(14)9-10-18-16;1-4-6-7-12(10(3)5-2)14(19)15-11(9-16)8-13(17)18;/h5-11,15H,4H2,1-3H3,(H,19,21);9-12H,4-8H2,1-3H3,(H,15,19)(H,17,18);1H4/t;10?,11?,12-;/m.1./s1. The Morgan fingerprint density at radius 1 is 1.07 bits per heavy atom. The summed E-state index contributed by atoms with van der Waals surface area (Å²) in [5.41, 5.74) is 2.13. The van der Waals surface area contributed by atoms with Crippen LogP contribution in [0, 0.1) is 17.8 Å². The van der Waals surface area contributed by atoms with Crippen LogP contribution in [-0.4, -0.2) is 52.0 Å². The minimum absolute atomic E-state index is 0. The van der Waals surface area contributed by atoms with Gasteiger partial charge in [-0.15, -0.1) is 0 Å². The molecule has 0 aliphatic heterocycles. The number of nitrogens with one attached hydrogen (secondary N) is 2. The van der Waals surface area contributed by atoms with E-state index in [1.807, 2.05) is 58.1 Å². The van der Waals surface area contributed by atoms with Gasteiger partial charge in [-0.3, -0.25) is 24.2 Å². The third-order valence-corrected chi connectivity index (χ3v) is 6.91. The molecule has 0 radical (unpaired) electrons. The molecule has 3 unspecified atom stereocenters. The minimum atomic E-state index is -1.09. The number of ketones is 1. The number of fused-ring (bicyclic) bond motifs is 1. The molecule has 2 amide bonds. The quantitative estimate of drug-likeness (QED) is 0.251. The van der Waals surface area contributed by atoms with Crippen LogP contribution in [0.25, 0.3) is 12.2 Å². The number of pyridine rings is 1. The molecule has 1 heterocycles. The number of rotatable bonds is 14. The Labute approximate surface area is 245 Å². The van der Waals surface area contributed by atoms with Crippen molar-refractivity contribution in [1.82, 2.24) is 15.6 Å². The van der Waals surface area contributed by atoms with E-state index in [4.69, 9.17) is 5.11 Å². The normalized spacial score (nSPS) is 14.5. The predicted octanol–water partition coefficient (Wildman–Crippen LogP) is 5.49. The van der Waals surface area contributed by atoms with Gasteiger partial charge in [0, 0.05) is 17.7 Å². The van der Waals surface area contributed by atoms with Crippen LogP contribution in [0.4, 0.5) is 0 Å². The molecule has 0 saturated carbocycles. The summed E-state index contributed by atoms with van der Waals surface area (Å²) in [7, 11) is 0. The Hall–Kier alpha value is -3.62. The SMILES string of the molecule is C.CC(=O)C(NC(=O)c1nccc2c1C=CCC=C2)C(C)C.CCCC[C@@H](C(=O)NC(C=O)CC(=O)O)C(C)CC. The first kappa shape index (κ1) is 37.4. The number of unbranched alkanes of at least 4 members (excludes halogenated alkanes) is 1. The Morgan fingerprint density at radius 3 is 2.27 bits per heavy atom. The number of nitrogens with zero attached hydrogens (tertiary/aromatic N) is 1. The monoisotopic (exact) mass is 571 g/mol. The van der Waals surface area contributed by atoms with Crippen molar-refractivity contribution in [1.29, 1.82) is 0 Å². The number of amides is 2. The number of carbonyl (C=O) groups is 5. The Kier molecular flexibility index (Phi) is 17.7. The van der Waals surface area contributed by atoms with E-state index < -0.39 is 18.1 Å². The van der Waals surface area contributed by atoms with E-state index in [1.165, 1.54) is 6.92 Å². The molecule has 228 valence electrons. The lowest BCUT2D eigenvalue weighted by atomic mass is 9.86. The molecule has 4 atom stereocenters. The summed E-state index contributed by atoms with van der Waals surface area (Å²) in [6.07, 6.45) is 14.1. The average Bonchev–Trinajstić information content (AvgIpc) is 3.16. The van der Waals surface area contributed by atoms with Crippen molar-refractivity contribution >= 4 is 42.0 Å². The number of allylic oxidation sites excluding steroid dienone is 2. The van der Waals surface area contributed by atoms with Crippen molar-refractivity contribution in [2.75, 3.05) is 0 Å². The van der Waals surface area contributed by atoms with E-state index in [-0.39, 0.29) is 49.2 Å². The van der Waals surface area contributed by atoms with E-state index in [9.17, 15) is 24.0 Å². The Balaban J connectivity index is 0.000000767. The number of hydrogen-bond donors (Lipinski definition) is 3. The fraction of sp³-hybridized carbons (Fsp3) is 0.562. The predicted molar refractivity (Wildman–Crippen MR) is 163 cm³/mol. The van der Waals surface area contributed by atoms with E-state index in [0.717, 1.165) is 43.2 Å². The van der Waals surface area contributed by atoms with E-state index in [1.54, 1.807) is 6.20 Å². The van der Waals surface area contributed by atoms with Crippen LogP contribution in [0.15, 0.2) is 24.4 Å². The van der Waals surface area contributed by atoms with Gasteiger partial charge in [0.05, 0.1) is 18.5 Å². The topological polar surface area (TPSA) is 143 Å². The van der Waals surface area contributed by atoms with Crippen LogP contribution in [0.1, 0.15) is 109 Å². The molecule has 3 N–H and O–H groups in total. The van der Waals surface area contributed by atoms with Gasteiger partial charge in [-0.25, -0.2) is 0 Å².